The highest BCUT2D eigenvalue weighted by atomic mass is 32.1. The van der Waals surface area contributed by atoms with Crippen molar-refractivity contribution in [3.05, 3.63) is 9.88 Å². The molecular formula is C11H16N2O3S. The monoisotopic (exact) mass is 256 g/mol. The second-order valence-corrected chi connectivity index (χ2v) is 5.53. The van der Waals surface area contributed by atoms with E-state index in [0.717, 1.165) is 37.0 Å². The van der Waals surface area contributed by atoms with E-state index >= 15 is 0 Å². The van der Waals surface area contributed by atoms with E-state index < -0.39 is 5.97 Å². The van der Waals surface area contributed by atoms with Crippen LogP contribution in [0, 0.1) is 6.92 Å². The Hall–Kier alpha value is -1.14. The third kappa shape index (κ3) is 2.95. The maximum atomic E-state index is 11.0. The summed E-state index contributed by atoms with van der Waals surface area (Å²) in [5, 5.41) is 9.73. The first-order valence-electron chi connectivity index (χ1n) is 5.69. The Morgan fingerprint density at radius 3 is 2.71 bits per heavy atom. The summed E-state index contributed by atoms with van der Waals surface area (Å²) in [7, 11) is 0. The summed E-state index contributed by atoms with van der Waals surface area (Å²) in [6.07, 6.45) is 3.65. The second-order valence-electron chi connectivity index (χ2n) is 4.33. The predicted molar refractivity (Wildman–Crippen MR) is 64.7 cm³/mol. The number of hydrogen-bond donors (Lipinski definition) is 2. The molecule has 0 bridgehead atoms. The highest BCUT2D eigenvalue weighted by Crippen LogP contribution is 2.28. The molecule has 0 aromatic carbocycles. The number of aryl methyl sites for hydroxylation is 1. The lowest BCUT2D eigenvalue weighted by Gasteiger charge is -2.26. The lowest BCUT2D eigenvalue weighted by molar-refractivity contribution is 0.0690. The van der Waals surface area contributed by atoms with Crippen molar-refractivity contribution in [1.82, 2.24) is 4.98 Å². The highest BCUT2D eigenvalue weighted by molar-refractivity contribution is 7.13. The summed E-state index contributed by atoms with van der Waals surface area (Å²) >= 11 is 1.15. The van der Waals surface area contributed by atoms with E-state index in [4.69, 9.17) is 15.6 Å². The molecule has 1 aromatic heterocycles. The Labute approximate surface area is 104 Å². The Morgan fingerprint density at radius 1 is 1.47 bits per heavy atom. The molecule has 5 nitrogen and oxygen atoms in total. The van der Waals surface area contributed by atoms with Gasteiger partial charge in [-0.25, -0.2) is 9.78 Å². The molecule has 0 radical (unpaired) electrons. The van der Waals surface area contributed by atoms with Crippen molar-refractivity contribution >= 4 is 17.3 Å². The standard InChI is InChI=1S/C11H16N2O3S/c1-6-13-10(9(17-6)11(14)15)16-8-4-2-7(12)3-5-8/h7-8H,2-5,12H2,1H3,(H,14,15)/t7-,8-. The SMILES string of the molecule is Cc1nc(O[C@H]2CC[C@H](N)CC2)c(C(=O)O)s1. The first-order valence-corrected chi connectivity index (χ1v) is 6.51. The molecule has 0 aliphatic heterocycles. The number of aromatic nitrogens is 1. The van der Waals surface area contributed by atoms with Crippen molar-refractivity contribution in [2.24, 2.45) is 5.73 Å². The molecule has 6 heteroatoms. The lowest BCUT2D eigenvalue weighted by atomic mass is 9.94. The number of aromatic carboxylic acids is 1. The van der Waals surface area contributed by atoms with Gasteiger partial charge in [-0.05, 0) is 32.6 Å². The highest BCUT2D eigenvalue weighted by Gasteiger charge is 2.24. The van der Waals surface area contributed by atoms with E-state index in [2.05, 4.69) is 4.98 Å². The Morgan fingerprint density at radius 2 is 2.12 bits per heavy atom. The number of carboxylic acid groups (broad SMARTS) is 1. The van der Waals surface area contributed by atoms with Gasteiger partial charge in [0.05, 0.1) is 5.01 Å². The summed E-state index contributed by atoms with van der Waals surface area (Å²) in [4.78, 5) is 15.3. The summed E-state index contributed by atoms with van der Waals surface area (Å²) in [5.74, 6) is -0.710. The second kappa shape index (κ2) is 5.01. The summed E-state index contributed by atoms with van der Waals surface area (Å²) in [6, 6.07) is 0.256. The van der Waals surface area contributed by atoms with Gasteiger partial charge in [0.15, 0.2) is 4.88 Å². The molecule has 0 unspecified atom stereocenters. The van der Waals surface area contributed by atoms with Gasteiger partial charge in [-0.2, -0.15) is 0 Å². The minimum absolute atomic E-state index is 0.0504. The molecule has 1 aliphatic rings. The van der Waals surface area contributed by atoms with Gasteiger partial charge in [0.25, 0.3) is 0 Å². The van der Waals surface area contributed by atoms with Crippen LogP contribution in [0.5, 0.6) is 5.88 Å². The maximum Gasteiger partial charge on any atom is 0.351 e. The molecule has 3 N–H and O–H groups in total. The molecule has 0 amide bonds. The first-order chi connectivity index (χ1) is 8.06. The predicted octanol–water partition coefficient (Wildman–Crippen LogP) is 1.80. The molecule has 0 atom stereocenters. The van der Waals surface area contributed by atoms with Crippen molar-refractivity contribution < 1.29 is 14.6 Å². The van der Waals surface area contributed by atoms with Crippen LogP contribution in [0.3, 0.4) is 0 Å². The number of carbonyl (C=O) groups is 1. The van der Waals surface area contributed by atoms with Crippen LogP contribution in [0.4, 0.5) is 0 Å². The molecule has 1 aliphatic carbocycles. The van der Waals surface area contributed by atoms with Gasteiger partial charge < -0.3 is 15.6 Å². The largest absolute Gasteiger partial charge is 0.477 e. The lowest BCUT2D eigenvalue weighted by Crippen LogP contribution is -2.32. The van der Waals surface area contributed by atoms with Gasteiger partial charge in [0.1, 0.15) is 6.10 Å². The quantitative estimate of drug-likeness (QED) is 0.861. The molecule has 0 spiro atoms. The first kappa shape index (κ1) is 12.3. The molecule has 1 heterocycles. The van der Waals surface area contributed by atoms with Crippen molar-refractivity contribution in [3.8, 4) is 5.88 Å². The van der Waals surface area contributed by atoms with Gasteiger partial charge in [0.2, 0.25) is 5.88 Å². The Bertz CT molecular complexity index is 411. The van der Waals surface area contributed by atoms with Gasteiger partial charge in [0, 0.05) is 6.04 Å². The van der Waals surface area contributed by atoms with Crippen molar-refractivity contribution in [3.63, 3.8) is 0 Å². The van der Waals surface area contributed by atoms with Crippen molar-refractivity contribution in [1.29, 1.82) is 0 Å². The molecule has 1 saturated carbocycles. The van der Waals surface area contributed by atoms with E-state index in [1.165, 1.54) is 0 Å². The topological polar surface area (TPSA) is 85.4 Å². The zero-order valence-electron chi connectivity index (χ0n) is 9.68. The molecule has 1 aromatic rings. The van der Waals surface area contributed by atoms with Gasteiger partial charge in [-0.3, -0.25) is 0 Å². The van der Waals surface area contributed by atoms with Crippen LogP contribution < -0.4 is 10.5 Å². The van der Waals surface area contributed by atoms with E-state index in [1.807, 2.05) is 0 Å². The number of carboxylic acids is 1. The molecule has 17 heavy (non-hydrogen) atoms. The smallest absolute Gasteiger partial charge is 0.351 e. The fourth-order valence-corrected chi connectivity index (χ4v) is 2.68. The van der Waals surface area contributed by atoms with Crippen LogP contribution in [0.15, 0.2) is 0 Å². The maximum absolute atomic E-state index is 11.0. The van der Waals surface area contributed by atoms with E-state index in [9.17, 15) is 4.79 Å². The summed E-state index contributed by atoms with van der Waals surface area (Å²) < 4.78 is 5.68. The minimum atomic E-state index is -0.974. The zero-order valence-corrected chi connectivity index (χ0v) is 10.5. The molecule has 2 rings (SSSR count). The van der Waals surface area contributed by atoms with Crippen LogP contribution in [-0.4, -0.2) is 28.2 Å². The van der Waals surface area contributed by atoms with Crippen molar-refractivity contribution in [2.75, 3.05) is 0 Å². The van der Waals surface area contributed by atoms with Crippen LogP contribution >= 0.6 is 11.3 Å². The number of hydrogen-bond acceptors (Lipinski definition) is 5. The zero-order chi connectivity index (χ0) is 12.4. The van der Waals surface area contributed by atoms with E-state index in [-0.39, 0.29) is 22.9 Å². The van der Waals surface area contributed by atoms with Crippen LogP contribution in [0.25, 0.3) is 0 Å². The Kier molecular flexibility index (Phi) is 3.63. The summed E-state index contributed by atoms with van der Waals surface area (Å²) in [6.45, 7) is 1.78. The van der Waals surface area contributed by atoms with Gasteiger partial charge in [-0.15, -0.1) is 11.3 Å². The number of ether oxygens (including phenoxy) is 1. The third-order valence-corrected chi connectivity index (χ3v) is 3.83. The van der Waals surface area contributed by atoms with Gasteiger partial charge in [-0.1, -0.05) is 0 Å². The molecular weight excluding hydrogens is 240 g/mol. The van der Waals surface area contributed by atoms with Crippen LogP contribution in [0.2, 0.25) is 0 Å². The van der Waals surface area contributed by atoms with Crippen LogP contribution in [-0.2, 0) is 0 Å². The average Bonchev–Trinajstić information content (AvgIpc) is 2.63. The van der Waals surface area contributed by atoms with E-state index in [0.29, 0.717) is 5.01 Å². The number of nitrogens with two attached hydrogens (primary N) is 1. The third-order valence-electron chi connectivity index (χ3n) is 2.89. The summed E-state index contributed by atoms with van der Waals surface area (Å²) in [5.41, 5.74) is 5.81. The average molecular weight is 256 g/mol. The number of thiazole rings is 1. The Balaban J connectivity index is 2.05. The fourth-order valence-electron chi connectivity index (χ4n) is 1.99. The molecule has 94 valence electrons. The normalized spacial score (nSPS) is 24.6. The number of nitrogens with zero attached hydrogens (tertiary/aromatic N) is 1. The minimum Gasteiger partial charge on any atom is -0.477 e. The fraction of sp³-hybridized carbons (Fsp3) is 0.636. The molecule has 0 saturated heterocycles. The molecule has 1 fully saturated rings. The van der Waals surface area contributed by atoms with E-state index in [1.54, 1.807) is 6.92 Å². The number of rotatable bonds is 3. The van der Waals surface area contributed by atoms with Crippen LogP contribution in [0.1, 0.15) is 40.4 Å². The van der Waals surface area contributed by atoms with Gasteiger partial charge >= 0.3 is 5.97 Å². The van der Waals surface area contributed by atoms with Crippen molar-refractivity contribution in [2.45, 2.75) is 44.8 Å².